The fourth-order valence-corrected chi connectivity index (χ4v) is 2.14. The van der Waals surface area contributed by atoms with Crippen molar-refractivity contribution in [3.8, 4) is 0 Å². The van der Waals surface area contributed by atoms with Crippen molar-refractivity contribution in [3.63, 3.8) is 0 Å². The smallest absolute Gasteiger partial charge is 0.167 e. The Labute approximate surface area is 70.7 Å². The van der Waals surface area contributed by atoms with E-state index in [4.69, 9.17) is 0 Å². The number of carbonyl (C=O) groups excluding carboxylic acids is 1. The van der Waals surface area contributed by atoms with Crippen LogP contribution in [-0.4, -0.2) is 5.78 Å². The highest BCUT2D eigenvalue weighted by Gasteiger charge is 2.38. The van der Waals surface area contributed by atoms with E-state index in [1.165, 1.54) is 16.7 Å². The van der Waals surface area contributed by atoms with Gasteiger partial charge in [0.15, 0.2) is 5.78 Å². The van der Waals surface area contributed by atoms with E-state index in [1.54, 1.807) is 6.08 Å². The monoisotopic (exact) mass is 156 g/mol. The lowest BCUT2D eigenvalue weighted by Gasteiger charge is -2.18. The maximum atomic E-state index is 11.2. The Morgan fingerprint density at radius 1 is 1.25 bits per heavy atom. The zero-order valence-corrected chi connectivity index (χ0v) is 6.58. The zero-order valence-electron chi connectivity index (χ0n) is 6.58. The van der Waals surface area contributed by atoms with E-state index in [-0.39, 0.29) is 11.7 Å². The van der Waals surface area contributed by atoms with E-state index < -0.39 is 0 Å². The molecule has 1 unspecified atom stereocenters. The van der Waals surface area contributed by atoms with E-state index >= 15 is 0 Å². The van der Waals surface area contributed by atoms with E-state index in [1.807, 2.05) is 12.1 Å². The molecule has 0 N–H and O–H groups in total. The van der Waals surface area contributed by atoms with Crippen molar-refractivity contribution in [1.82, 2.24) is 0 Å². The number of fused-ring (bicyclic) bond motifs is 3. The lowest BCUT2D eigenvalue weighted by atomic mass is 9.83. The highest BCUT2D eigenvalue weighted by Crippen LogP contribution is 2.43. The minimum Gasteiger partial charge on any atom is -0.294 e. The molecule has 1 heteroatoms. The van der Waals surface area contributed by atoms with Crippen LogP contribution in [0.3, 0.4) is 0 Å². The Morgan fingerprint density at radius 2 is 2.08 bits per heavy atom. The molecular formula is C11H8O. The van der Waals surface area contributed by atoms with Crippen LogP contribution in [0.1, 0.15) is 17.0 Å². The maximum Gasteiger partial charge on any atom is 0.167 e. The summed E-state index contributed by atoms with van der Waals surface area (Å²) in [6, 6.07) is 8.22. The number of hydrogen-bond donors (Lipinski definition) is 0. The molecule has 0 amide bonds. The van der Waals surface area contributed by atoms with Crippen molar-refractivity contribution >= 4 is 5.78 Å². The van der Waals surface area contributed by atoms with Crippen LogP contribution in [0.5, 0.6) is 0 Å². The van der Waals surface area contributed by atoms with Crippen molar-refractivity contribution in [3.05, 3.63) is 47.0 Å². The summed E-state index contributed by atoms with van der Waals surface area (Å²) < 4.78 is 0. The molecule has 0 radical (unpaired) electrons. The van der Waals surface area contributed by atoms with Crippen LogP contribution in [0, 0.1) is 0 Å². The predicted molar refractivity (Wildman–Crippen MR) is 46.0 cm³/mol. The summed E-state index contributed by atoms with van der Waals surface area (Å²) in [6.45, 7) is 0. The van der Waals surface area contributed by atoms with Crippen molar-refractivity contribution in [2.45, 2.75) is 12.3 Å². The molecule has 3 rings (SSSR count). The highest BCUT2D eigenvalue weighted by molar-refractivity contribution is 6.07. The van der Waals surface area contributed by atoms with Gasteiger partial charge >= 0.3 is 0 Å². The van der Waals surface area contributed by atoms with Crippen LogP contribution < -0.4 is 0 Å². The Bertz CT molecular complexity index is 401. The summed E-state index contributed by atoms with van der Waals surface area (Å²) in [5, 5.41) is 0. The van der Waals surface area contributed by atoms with Gasteiger partial charge in [-0.1, -0.05) is 24.3 Å². The number of ketones is 1. The molecular weight excluding hydrogens is 148 g/mol. The number of carbonyl (C=O) groups is 1. The average Bonchev–Trinajstić information content (AvgIpc) is 2.35. The second-order valence-electron chi connectivity index (χ2n) is 3.43. The Hall–Kier alpha value is -1.37. The molecule has 0 fully saturated rings. The van der Waals surface area contributed by atoms with Crippen LogP contribution in [0.4, 0.5) is 0 Å². The first-order chi connectivity index (χ1) is 5.86. The summed E-state index contributed by atoms with van der Waals surface area (Å²) in [5.74, 6) is 0.427. The zero-order chi connectivity index (χ0) is 8.13. The van der Waals surface area contributed by atoms with E-state index in [0.29, 0.717) is 0 Å². The highest BCUT2D eigenvalue weighted by atomic mass is 16.1. The van der Waals surface area contributed by atoms with Gasteiger partial charge in [-0.05, 0) is 29.2 Å². The standard InChI is InChI=1S/C11H8O/c12-10-6-8-5-7-3-1-2-4-9(7)11(8)10/h1-4,6,11H,5H2. The topological polar surface area (TPSA) is 17.1 Å². The third-order valence-electron chi connectivity index (χ3n) is 2.74. The summed E-state index contributed by atoms with van der Waals surface area (Å²) in [7, 11) is 0. The average molecular weight is 156 g/mol. The third kappa shape index (κ3) is 0.572. The first-order valence-electron chi connectivity index (χ1n) is 4.18. The first-order valence-corrected chi connectivity index (χ1v) is 4.18. The minimum atomic E-state index is 0.140. The minimum absolute atomic E-state index is 0.140. The molecule has 0 bridgehead atoms. The number of benzene rings is 1. The molecule has 58 valence electrons. The summed E-state index contributed by atoms with van der Waals surface area (Å²) in [6.07, 6.45) is 2.78. The van der Waals surface area contributed by atoms with Gasteiger partial charge in [0.25, 0.3) is 0 Å². The third-order valence-corrected chi connectivity index (χ3v) is 2.74. The largest absolute Gasteiger partial charge is 0.294 e. The van der Waals surface area contributed by atoms with Crippen molar-refractivity contribution in [1.29, 1.82) is 0 Å². The molecule has 1 aromatic carbocycles. The lowest BCUT2D eigenvalue weighted by Crippen LogP contribution is -2.18. The van der Waals surface area contributed by atoms with E-state index in [0.717, 1.165) is 6.42 Å². The van der Waals surface area contributed by atoms with Crippen LogP contribution >= 0.6 is 0 Å². The number of allylic oxidation sites excluding steroid dienone is 2. The Kier molecular flexibility index (Phi) is 0.959. The molecule has 0 heterocycles. The Morgan fingerprint density at radius 3 is 2.92 bits per heavy atom. The van der Waals surface area contributed by atoms with Crippen LogP contribution in [0.25, 0.3) is 0 Å². The molecule has 2 aliphatic rings. The number of rotatable bonds is 0. The van der Waals surface area contributed by atoms with Crippen LogP contribution in [0.15, 0.2) is 35.9 Å². The van der Waals surface area contributed by atoms with Gasteiger partial charge in [0, 0.05) is 0 Å². The maximum absolute atomic E-state index is 11.2. The molecule has 0 saturated heterocycles. The fraction of sp³-hybridized carbons (Fsp3) is 0.182. The number of hydrogen-bond acceptors (Lipinski definition) is 1. The van der Waals surface area contributed by atoms with Gasteiger partial charge in [-0.3, -0.25) is 4.79 Å². The van der Waals surface area contributed by atoms with Gasteiger partial charge in [0.05, 0.1) is 5.92 Å². The molecule has 0 spiro atoms. The second-order valence-corrected chi connectivity index (χ2v) is 3.43. The van der Waals surface area contributed by atoms with Gasteiger partial charge in [0.1, 0.15) is 0 Å². The quantitative estimate of drug-likeness (QED) is 0.560. The molecule has 1 atom stereocenters. The second kappa shape index (κ2) is 1.86. The molecule has 1 nitrogen and oxygen atoms in total. The summed E-state index contributed by atoms with van der Waals surface area (Å²) in [5.41, 5.74) is 3.88. The van der Waals surface area contributed by atoms with Gasteiger partial charge in [0.2, 0.25) is 0 Å². The van der Waals surface area contributed by atoms with Crippen molar-refractivity contribution in [2.24, 2.45) is 0 Å². The van der Waals surface area contributed by atoms with E-state index in [2.05, 4.69) is 12.1 Å². The summed E-state index contributed by atoms with van der Waals surface area (Å²) in [4.78, 5) is 11.2. The van der Waals surface area contributed by atoms with Crippen LogP contribution in [-0.2, 0) is 11.2 Å². The predicted octanol–water partition coefficient (Wildman–Crippen LogP) is 1.84. The molecule has 2 aliphatic carbocycles. The van der Waals surface area contributed by atoms with Gasteiger partial charge < -0.3 is 0 Å². The Balaban J connectivity index is 2.23. The van der Waals surface area contributed by atoms with Gasteiger partial charge in [-0.25, -0.2) is 0 Å². The fourth-order valence-electron chi connectivity index (χ4n) is 2.14. The first kappa shape index (κ1) is 6.18. The summed E-state index contributed by atoms with van der Waals surface area (Å²) >= 11 is 0. The SMILES string of the molecule is O=C1C=C2Cc3ccccc3C12. The van der Waals surface area contributed by atoms with Crippen molar-refractivity contribution < 1.29 is 4.79 Å². The van der Waals surface area contributed by atoms with Crippen LogP contribution in [0.2, 0.25) is 0 Å². The molecule has 0 aliphatic heterocycles. The van der Waals surface area contributed by atoms with Gasteiger partial charge in [-0.15, -0.1) is 0 Å². The van der Waals surface area contributed by atoms with Crippen molar-refractivity contribution in [2.75, 3.05) is 0 Å². The lowest BCUT2D eigenvalue weighted by molar-refractivity contribution is -0.116. The molecule has 12 heavy (non-hydrogen) atoms. The molecule has 0 aromatic heterocycles. The molecule has 0 saturated carbocycles. The van der Waals surface area contributed by atoms with Gasteiger partial charge in [-0.2, -0.15) is 0 Å². The molecule has 1 aromatic rings. The van der Waals surface area contributed by atoms with E-state index in [9.17, 15) is 4.79 Å². The normalized spacial score (nSPS) is 24.2.